The summed E-state index contributed by atoms with van der Waals surface area (Å²) < 4.78 is 38.8. The zero-order valence-electron chi connectivity index (χ0n) is 20.1. The quantitative estimate of drug-likeness (QED) is 0.493. The van der Waals surface area contributed by atoms with Crippen molar-refractivity contribution in [2.24, 2.45) is 0 Å². The van der Waals surface area contributed by atoms with Crippen LogP contribution in [0.5, 0.6) is 0 Å². The lowest BCUT2D eigenvalue weighted by Gasteiger charge is -2.21. The average Bonchev–Trinajstić information content (AvgIpc) is 3.43. The second kappa shape index (κ2) is 10.9. The highest BCUT2D eigenvalue weighted by Gasteiger charge is 2.36. The molecule has 2 aromatic rings. The lowest BCUT2D eigenvalue weighted by molar-refractivity contribution is -0.138. The topological polar surface area (TPSA) is 107 Å². The third kappa shape index (κ3) is 6.10. The van der Waals surface area contributed by atoms with Gasteiger partial charge in [-0.1, -0.05) is 6.92 Å². The molecule has 0 radical (unpaired) electrons. The lowest BCUT2D eigenvalue weighted by Crippen LogP contribution is -2.37. The monoisotopic (exact) mass is 513 g/mol. The molecule has 0 unspecified atom stereocenters. The van der Waals surface area contributed by atoms with Crippen molar-refractivity contribution in [3.63, 3.8) is 0 Å². The van der Waals surface area contributed by atoms with E-state index in [0.29, 0.717) is 29.0 Å². The van der Waals surface area contributed by atoms with Gasteiger partial charge < -0.3 is 20.6 Å². The molecule has 2 aromatic heterocycles. The predicted octanol–water partition coefficient (Wildman–Crippen LogP) is 4.00. The van der Waals surface area contributed by atoms with Gasteiger partial charge in [0.2, 0.25) is 0 Å². The summed E-state index contributed by atoms with van der Waals surface area (Å²) in [5, 5.41) is 14.5. The Morgan fingerprint density at radius 3 is 2.63 bits per heavy atom. The summed E-state index contributed by atoms with van der Waals surface area (Å²) in [4.78, 5) is 36.8. The Labute approximate surface area is 206 Å². The number of carbonyl (C=O) groups excluding carboxylic acids is 2. The minimum absolute atomic E-state index is 0.0304. The lowest BCUT2D eigenvalue weighted by atomic mass is 10.1. The van der Waals surface area contributed by atoms with Gasteiger partial charge in [0, 0.05) is 24.3 Å². The summed E-state index contributed by atoms with van der Waals surface area (Å²) in [6.07, 6.45) is -0.780. The molecule has 0 aromatic carbocycles. The first-order valence-electron chi connectivity index (χ1n) is 11.5. The number of carbonyl (C=O) groups is 2. The number of hydrogen-bond acceptors (Lipinski definition) is 7. The van der Waals surface area contributed by atoms with Gasteiger partial charge in [0.1, 0.15) is 17.6 Å². The van der Waals surface area contributed by atoms with Crippen molar-refractivity contribution in [2.75, 3.05) is 18.5 Å². The van der Waals surface area contributed by atoms with E-state index in [4.69, 9.17) is 0 Å². The van der Waals surface area contributed by atoms with Gasteiger partial charge in [-0.05, 0) is 51.7 Å². The Hall–Kier alpha value is -2.73. The van der Waals surface area contributed by atoms with Gasteiger partial charge in [-0.3, -0.25) is 9.59 Å². The van der Waals surface area contributed by atoms with Crippen molar-refractivity contribution < 1.29 is 27.9 Å². The van der Waals surface area contributed by atoms with Crippen LogP contribution in [0.2, 0.25) is 0 Å². The molecular weight excluding hydrogens is 483 g/mol. The number of thiazole rings is 1. The molecule has 1 saturated heterocycles. The summed E-state index contributed by atoms with van der Waals surface area (Å²) >= 11 is 1.02. The minimum atomic E-state index is -4.43. The van der Waals surface area contributed by atoms with Gasteiger partial charge in [0.15, 0.2) is 5.01 Å². The molecule has 8 nitrogen and oxygen atoms in total. The average molecular weight is 514 g/mol. The number of amides is 2. The van der Waals surface area contributed by atoms with Crippen LogP contribution < -0.4 is 10.6 Å². The van der Waals surface area contributed by atoms with Crippen molar-refractivity contribution in [1.29, 1.82) is 0 Å². The summed E-state index contributed by atoms with van der Waals surface area (Å²) in [6, 6.07) is -0.728. The van der Waals surface area contributed by atoms with Crippen LogP contribution in [-0.4, -0.2) is 69.2 Å². The molecule has 0 spiro atoms. The molecule has 0 aliphatic carbocycles. The second-order valence-electron chi connectivity index (χ2n) is 8.74. The van der Waals surface area contributed by atoms with Gasteiger partial charge in [-0.15, -0.1) is 11.3 Å². The van der Waals surface area contributed by atoms with E-state index in [1.54, 1.807) is 11.8 Å². The number of alkyl halides is 3. The van der Waals surface area contributed by atoms with Crippen molar-refractivity contribution in [3.8, 4) is 10.4 Å². The van der Waals surface area contributed by atoms with Crippen LogP contribution in [0.25, 0.3) is 10.4 Å². The number of rotatable bonds is 8. The Bertz CT molecular complexity index is 1070. The number of anilines is 1. The number of nitrogens with one attached hydrogen (secondary N) is 2. The van der Waals surface area contributed by atoms with E-state index >= 15 is 0 Å². The maximum atomic E-state index is 13.4. The van der Waals surface area contributed by atoms with Crippen molar-refractivity contribution >= 4 is 29.0 Å². The Morgan fingerprint density at radius 2 is 2.09 bits per heavy atom. The van der Waals surface area contributed by atoms with Gasteiger partial charge in [-0.2, -0.15) is 13.2 Å². The fraction of sp³-hybridized carbons (Fsp3) is 0.565. The standard InChI is InChI=1S/C23H30F3N5O3S/c1-5-15(11-32)29-20(33)21-30-18(22(34)31-8-6-7-13(31)3)19(35-21)16-10-27-17(9-12(16)2)28-14(4)23(24,25)26/h9-10,13-15,32H,5-8,11H2,1-4H3,(H,27,28)(H,29,33)/t13-,14-,15+/m0/s1. The molecule has 35 heavy (non-hydrogen) atoms. The van der Waals surface area contributed by atoms with Crippen molar-refractivity contribution in [3.05, 3.63) is 28.5 Å². The molecule has 0 bridgehead atoms. The van der Waals surface area contributed by atoms with Crippen LogP contribution in [0.1, 0.15) is 65.9 Å². The first-order valence-corrected chi connectivity index (χ1v) is 12.3. The van der Waals surface area contributed by atoms with Crippen LogP contribution in [0, 0.1) is 6.92 Å². The number of aliphatic hydroxyl groups is 1. The fourth-order valence-electron chi connectivity index (χ4n) is 3.82. The maximum absolute atomic E-state index is 13.4. The molecular formula is C23H30F3N5O3S. The number of aliphatic hydroxyl groups excluding tert-OH is 1. The highest BCUT2D eigenvalue weighted by Crippen LogP contribution is 2.35. The zero-order chi connectivity index (χ0) is 25.9. The molecule has 3 atom stereocenters. The minimum Gasteiger partial charge on any atom is -0.394 e. The number of aryl methyl sites for hydroxylation is 1. The first kappa shape index (κ1) is 26.9. The molecule has 1 fully saturated rings. The third-order valence-corrected chi connectivity index (χ3v) is 7.18. The van der Waals surface area contributed by atoms with E-state index in [0.717, 1.165) is 31.1 Å². The van der Waals surface area contributed by atoms with E-state index in [-0.39, 0.29) is 35.1 Å². The van der Waals surface area contributed by atoms with E-state index in [9.17, 15) is 27.9 Å². The van der Waals surface area contributed by atoms with Crippen molar-refractivity contribution in [1.82, 2.24) is 20.2 Å². The Balaban J connectivity index is 2.00. The summed E-state index contributed by atoms with van der Waals surface area (Å²) in [5.41, 5.74) is 1.20. The van der Waals surface area contributed by atoms with E-state index in [2.05, 4.69) is 20.6 Å². The number of aromatic nitrogens is 2. The fourth-order valence-corrected chi connectivity index (χ4v) is 4.85. The van der Waals surface area contributed by atoms with Gasteiger partial charge in [-0.25, -0.2) is 9.97 Å². The molecule has 0 saturated carbocycles. The van der Waals surface area contributed by atoms with Gasteiger partial charge in [0.25, 0.3) is 11.8 Å². The summed E-state index contributed by atoms with van der Waals surface area (Å²) in [6.45, 7) is 6.82. The van der Waals surface area contributed by atoms with Crippen molar-refractivity contribution in [2.45, 2.75) is 71.3 Å². The van der Waals surface area contributed by atoms with E-state index < -0.39 is 24.2 Å². The Kier molecular flexibility index (Phi) is 8.37. The molecule has 192 valence electrons. The number of nitrogens with zero attached hydrogens (tertiary/aromatic N) is 3. The summed E-state index contributed by atoms with van der Waals surface area (Å²) in [7, 11) is 0. The number of halogens is 3. The molecule has 1 aliphatic rings. The maximum Gasteiger partial charge on any atom is 0.408 e. The molecule has 3 heterocycles. The highest BCUT2D eigenvalue weighted by atomic mass is 32.1. The molecule has 12 heteroatoms. The molecule has 2 amide bonds. The summed E-state index contributed by atoms with van der Waals surface area (Å²) in [5.74, 6) is -0.760. The van der Waals surface area contributed by atoms with Crippen LogP contribution in [0.3, 0.4) is 0 Å². The molecule has 3 N–H and O–H groups in total. The number of pyridine rings is 1. The largest absolute Gasteiger partial charge is 0.408 e. The zero-order valence-corrected chi connectivity index (χ0v) is 20.9. The number of likely N-dealkylation sites (tertiary alicyclic amines) is 1. The van der Waals surface area contributed by atoms with Crippen LogP contribution in [-0.2, 0) is 0 Å². The highest BCUT2D eigenvalue weighted by molar-refractivity contribution is 7.17. The normalized spacial score (nSPS) is 17.8. The van der Waals surface area contributed by atoms with Gasteiger partial charge in [0.05, 0.1) is 17.5 Å². The second-order valence-corrected chi connectivity index (χ2v) is 9.74. The Morgan fingerprint density at radius 1 is 1.37 bits per heavy atom. The molecule has 3 rings (SSSR count). The SMILES string of the molecule is CC[C@H](CO)NC(=O)c1nc(C(=O)N2CCC[C@@H]2C)c(-c2cnc(N[C@@H](C)C(F)(F)F)cc2C)s1. The molecule has 1 aliphatic heterocycles. The number of hydrogen-bond donors (Lipinski definition) is 3. The van der Waals surface area contributed by atoms with Crippen LogP contribution in [0.15, 0.2) is 12.3 Å². The van der Waals surface area contributed by atoms with Crippen LogP contribution in [0.4, 0.5) is 19.0 Å². The smallest absolute Gasteiger partial charge is 0.394 e. The van der Waals surface area contributed by atoms with Crippen LogP contribution >= 0.6 is 11.3 Å². The predicted molar refractivity (Wildman–Crippen MR) is 128 cm³/mol. The third-order valence-electron chi connectivity index (χ3n) is 6.10. The van der Waals surface area contributed by atoms with E-state index in [1.807, 2.05) is 13.8 Å². The van der Waals surface area contributed by atoms with Gasteiger partial charge >= 0.3 is 6.18 Å². The van der Waals surface area contributed by atoms with E-state index in [1.165, 1.54) is 12.3 Å². The first-order chi connectivity index (χ1) is 16.5.